The van der Waals surface area contributed by atoms with E-state index in [-0.39, 0.29) is 6.61 Å². The molecule has 1 atom stereocenters. The van der Waals surface area contributed by atoms with Crippen molar-refractivity contribution in [3.8, 4) is 11.8 Å². The van der Waals surface area contributed by atoms with Crippen molar-refractivity contribution < 1.29 is 4.74 Å². The molecule has 1 aliphatic carbocycles. The predicted molar refractivity (Wildman–Crippen MR) is 80.4 cm³/mol. The van der Waals surface area contributed by atoms with Gasteiger partial charge in [-0.15, -0.1) is 0 Å². The zero-order chi connectivity index (χ0) is 14.4. The standard InChI is InChI=1S/C17H24N2O/c1-17(2)10-6-5-9-16(17)19-13-14-7-3-4-8-15(14)20-12-11-18/h3-4,7-8,16,19H,5-6,9-10,12-13H2,1-2H3. The highest BCUT2D eigenvalue weighted by Crippen LogP contribution is 2.35. The monoisotopic (exact) mass is 272 g/mol. The van der Waals surface area contributed by atoms with Gasteiger partial charge in [-0.3, -0.25) is 0 Å². The van der Waals surface area contributed by atoms with Crippen LogP contribution in [-0.4, -0.2) is 12.6 Å². The van der Waals surface area contributed by atoms with Gasteiger partial charge < -0.3 is 10.1 Å². The Kier molecular flexibility index (Phi) is 5.03. The van der Waals surface area contributed by atoms with Gasteiger partial charge in [-0.1, -0.05) is 44.9 Å². The van der Waals surface area contributed by atoms with Crippen LogP contribution in [0.15, 0.2) is 24.3 Å². The lowest BCUT2D eigenvalue weighted by molar-refractivity contribution is 0.166. The van der Waals surface area contributed by atoms with Gasteiger partial charge in [-0.2, -0.15) is 5.26 Å². The molecular weight excluding hydrogens is 248 g/mol. The van der Waals surface area contributed by atoms with Gasteiger partial charge in [0.05, 0.1) is 0 Å². The molecule has 108 valence electrons. The van der Waals surface area contributed by atoms with Crippen LogP contribution in [0.5, 0.6) is 5.75 Å². The number of nitrogens with zero attached hydrogens (tertiary/aromatic N) is 1. The van der Waals surface area contributed by atoms with Crippen LogP contribution in [0, 0.1) is 16.7 Å². The predicted octanol–water partition coefficient (Wildman–Crippen LogP) is 3.65. The van der Waals surface area contributed by atoms with Gasteiger partial charge >= 0.3 is 0 Å². The Morgan fingerprint density at radius 2 is 2.15 bits per heavy atom. The molecule has 1 N–H and O–H groups in total. The molecule has 1 aromatic rings. The van der Waals surface area contributed by atoms with Crippen LogP contribution in [-0.2, 0) is 6.54 Å². The second-order valence-electron chi connectivity index (χ2n) is 6.22. The third-order valence-electron chi connectivity index (χ3n) is 4.31. The smallest absolute Gasteiger partial charge is 0.174 e. The number of para-hydroxylation sites is 1. The molecule has 0 amide bonds. The van der Waals surface area contributed by atoms with E-state index < -0.39 is 0 Å². The fraction of sp³-hybridized carbons (Fsp3) is 0.588. The number of nitrogens with one attached hydrogen (secondary N) is 1. The van der Waals surface area contributed by atoms with E-state index in [2.05, 4.69) is 25.2 Å². The molecular formula is C17H24N2O. The second kappa shape index (κ2) is 6.76. The number of hydrogen-bond acceptors (Lipinski definition) is 3. The minimum atomic E-state index is 0.103. The number of hydrogen-bond donors (Lipinski definition) is 1. The van der Waals surface area contributed by atoms with Gasteiger partial charge in [0.25, 0.3) is 0 Å². The SMILES string of the molecule is CC1(C)CCCCC1NCc1ccccc1OCC#N. The Balaban J connectivity index is 1.98. The van der Waals surface area contributed by atoms with Crippen molar-refractivity contribution >= 4 is 0 Å². The maximum Gasteiger partial charge on any atom is 0.174 e. The third-order valence-corrected chi connectivity index (χ3v) is 4.31. The van der Waals surface area contributed by atoms with Crippen molar-refractivity contribution in [2.75, 3.05) is 6.61 Å². The molecule has 0 bridgehead atoms. The van der Waals surface area contributed by atoms with Crippen molar-refractivity contribution in [1.82, 2.24) is 5.32 Å². The minimum absolute atomic E-state index is 0.103. The first-order valence-corrected chi connectivity index (χ1v) is 7.44. The molecule has 1 saturated carbocycles. The number of benzene rings is 1. The van der Waals surface area contributed by atoms with Crippen molar-refractivity contribution in [1.29, 1.82) is 5.26 Å². The van der Waals surface area contributed by atoms with E-state index in [1.165, 1.54) is 25.7 Å². The lowest BCUT2D eigenvalue weighted by Crippen LogP contribution is -2.43. The maximum absolute atomic E-state index is 8.63. The van der Waals surface area contributed by atoms with Crippen LogP contribution < -0.4 is 10.1 Å². The average Bonchev–Trinajstić information content (AvgIpc) is 2.44. The fourth-order valence-electron chi connectivity index (χ4n) is 3.01. The van der Waals surface area contributed by atoms with Crippen LogP contribution in [0.4, 0.5) is 0 Å². The lowest BCUT2D eigenvalue weighted by Gasteiger charge is -2.39. The first-order chi connectivity index (χ1) is 9.63. The van der Waals surface area contributed by atoms with E-state index >= 15 is 0 Å². The molecule has 1 fully saturated rings. The third kappa shape index (κ3) is 3.74. The van der Waals surface area contributed by atoms with Crippen LogP contribution in [0.25, 0.3) is 0 Å². The highest BCUT2D eigenvalue weighted by molar-refractivity contribution is 5.33. The fourth-order valence-corrected chi connectivity index (χ4v) is 3.01. The molecule has 0 radical (unpaired) electrons. The lowest BCUT2D eigenvalue weighted by atomic mass is 9.73. The summed E-state index contributed by atoms with van der Waals surface area (Å²) in [7, 11) is 0. The molecule has 0 aromatic heterocycles. The van der Waals surface area contributed by atoms with Crippen molar-refractivity contribution in [2.45, 2.75) is 52.1 Å². The molecule has 0 heterocycles. The summed E-state index contributed by atoms with van der Waals surface area (Å²) in [5.41, 5.74) is 1.49. The first kappa shape index (κ1) is 14.9. The molecule has 3 heteroatoms. The Hall–Kier alpha value is -1.53. The van der Waals surface area contributed by atoms with Gasteiger partial charge in [-0.05, 0) is 24.3 Å². The zero-order valence-electron chi connectivity index (χ0n) is 12.5. The van der Waals surface area contributed by atoms with E-state index in [1.54, 1.807) is 0 Å². The summed E-state index contributed by atoms with van der Waals surface area (Å²) in [6.45, 7) is 5.60. The van der Waals surface area contributed by atoms with Gasteiger partial charge in [-0.25, -0.2) is 0 Å². The summed E-state index contributed by atoms with van der Waals surface area (Å²) < 4.78 is 5.48. The number of rotatable bonds is 5. The van der Waals surface area contributed by atoms with E-state index in [4.69, 9.17) is 10.00 Å². The molecule has 0 saturated heterocycles. The Labute approximate surface area is 121 Å². The highest BCUT2D eigenvalue weighted by atomic mass is 16.5. The van der Waals surface area contributed by atoms with Gasteiger partial charge in [0.2, 0.25) is 0 Å². The van der Waals surface area contributed by atoms with Gasteiger partial charge in [0, 0.05) is 18.2 Å². The van der Waals surface area contributed by atoms with Crippen molar-refractivity contribution in [2.24, 2.45) is 5.41 Å². The van der Waals surface area contributed by atoms with Gasteiger partial charge in [0.15, 0.2) is 6.61 Å². The largest absolute Gasteiger partial charge is 0.478 e. The summed E-state index contributed by atoms with van der Waals surface area (Å²) in [6, 6.07) is 10.5. The van der Waals surface area contributed by atoms with Gasteiger partial charge in [0.1, 0.15) is 11.8 Å². The molecule has 1 aromatic carbocycles. The molecule has 20 heavy (non-hydrogen) atoms. The molecule has 0 aliphatic heterocycles. The molecule has 1 unspecified atom stereocenters. The zero-order valence-corrected chi connectivity index (χ0v) is 12.5. The topological polar surface area (TPSA) is 45.0 Å². The van der Waals surface area contributed by atoms with Crippen LogP contribution in [0.3, 0.4) is 0 Å². The number of nitriles is 1. The molecule has 3 nitrogen and oxygen atoms in total. The summed E-state index contributed by atoms with van der Waals surface area (Å²) in [5.74, 6) is 0.815. The molecule has 2 rings (SSSR count). The Morgan fingerprint density at radius 3 is 2.90 bits per heavy atom. The van der Waals surface area contributed by atoms with E-state index in [1.807, 2.05) is 24.3 Å². The van der Waals surface area contributed by atoms with Crippen LogP contribution in [0.2, 0.25) is 0 Å². The summed E-state index contributed by atoms with van der Waals surface area (Å²) in [5, 5.41) is 12.3. The Bertz CT molecular complexity index is 476. The van der Waals surface area contributed by atoms with Crippen LogP contribution in [0.1, 0.15) is 45.1 Å². The van der Waals surface area contributed by atoms with Crippen molar-refractivity contribution in [3.63, 3.8) is 0 Å². The van der Waals surface area contributed by atoms with Crippen molar-refractivity contribution in [3.05, 3.63) is 29.8 Å². The molecule has 1 aliphatic rings. The number of ether oxygens (including phenoxy) is 1. The maximum atomic E-state index is 8.63. The summed E-state index contributed by atoms with van der Waals surface area (Å²) in [4.78, 5) is 0. The minimum Gasteiger partial charge on any atom is -0.478 e. The van der Waals surface area contributed by atoms with E-state index in [0.29, 0.717) is 11.5 Å². The summed E-state index contributed by atoms with van der Waals surface area (Å²) in [6.07, 6.45) is 5.19. The first-order valence-electron chi connectivity index (χ1n) is 7.44. The van der Waals surface area contributed by atoms with Crippen LogP contribution >= 0.6 is 0 Å². The van der Waals surface area contributed by atoms with E-state index in [9.17, 15) is 0 Å². The quantitative estimate of drug-likeness (QED) is 0.890. The van der Waals surface area contributed by atoms with E-state index in [0.717, 1.165) is 17.9 Å². The molecule has 0 spiro atoms. The second-order valence-corrected chi connectivity index (χ2v) is 6.22. The Morgan fingerprint density at radius 1 is 1.35 bits per heavy atom. The average molecular weight is 272 g/mol. The normalized spacial score (nSPS) is 21.1. The summed E-state index contributed by atoms with van der Waals surface area (Å²) >= 11 is 0. The highest BCUT2D eigenvalue weighted by Gasteiger charge is 2.31.